The monoisotopic (exact) mass is 292 g/mol. The lowest BCUT2D eigenvalue weighted by Crippen LogP contribution is -2.30. The summed E-state index contributed by atoms with van der Waals surface area (Å²) in [4.78, 5) is 14.2. The number of amides is 1. The maximum atomic E-state index is 12.3. The Bertz CT molecular complexity index is 440. The Kier molecular flexibility index (Phi) is 5.77. The molecule has 0 bridgehead atoms. The third kappa shape index (κ3) is 3.92. The number of nitrogens with zero attached hydrogens (tertiary/aromatic N) is 1. The molecule has 1 heterocycles. The SMILES string of the molecule is CCN(CC)C(=O)c1cccc(NC2CCSCC2)c1. The number of hydrogen-bond donors (Lipinski definition) is 1. The van der Waals surface area contributed by atoms with Crippen molar-refractivity contribution in [2.75, 3.05) is 29.9 Å². The molecule has 1 saturated heterocycles. The topological polar surface area (TPSA) is 32.3 Å². The molecule has 20 heavy (non-hydrogen) atoms. The van der Waals surface area contributed by atoms with Gasteiger partial charge in [0.05, 0.1) is 0 Å². The van der Waals surface area contributed by atoms with Crippen LogP contribution >= 0.6 is 11.8 Å². The van der Waals surface area contributed by atoms with Crippen LogP contribution in [0.3, 0.4) is 0 Å². The maximum Gasteiger partial charge on any atom is 0.253 e. The van der Waals surface area contributed by atoms with Crippen LogP contribution in [0.15, 0.2) is 24.3 Å². The predicted molar refractivity (Wildman–Crippen MR) is 87.7 cm³/mol. The van der Waals surface area contributed by atoms with Crippen molar-refractivity contribution in [1.29, 1.82) is 0 Å². The van der Waals surface area contributed by atoms with E-state index in [0.717, 1.165) is 24.3 Å². The summed E-state index contributed by atoms with van der Waals surface area (Å²) in [5, 5.41) is 3.57. The average molecular weight is 292 g/mol. The molecule has 1 aliphatic rings. The number of thioether (sulfide) groups is 1. The molecule has 1 aliphatic heterocycles. The van der Waals surface area contributed by atoms with Crippen molar-refractivity contribution in [2.24, 2.45) is 0 Å². The smallest absolute Gasteiger partial charge is 0.253 e. The Balaban J connectivity index is 2.05. The van der Waals surface area contributed by atoms with Gasteiger partial charge in [-0.3, -0.25) is 4.79 Å². The van der Waals surface area contributed by atoms with Gasteiger partial charge in [0.2, 0.25) is 0 Å². The second-order valence-corrected chi connectivity index (χ2v) is 6.31. The molecule has 3 nitrogen and oxygen atoms in total. The number of carbonyl (C=O) groups excluding carboxylic acids is 1. The van der Waals surface area contributed by atoms with E-state index >= 15 is 0 Å². The zero-order chi connectivity index (χ0) is 14.4. The van der Waals surface area contributed by atoms with E-state index in [4.69, 9.17) is 0 Å². The van der Waals surface area contributed by atoms with Gasteiger partial charge in [0, 0.05) is 30.4 Å². The third-order valence-corrected chi connectivity index (χ3v) is 4.80. The van der Waals surface area contributed by atoms with Crippen LogP contribution in [0.2, 0.25) is 0 Å². The van der Waals surface area contributed by atoms with E-state index in [1.807, 2.05) is 48.7 Å². The highest BCUT2D eigenvalue weighted by atomic mass is 32.2. The van der Waals surface area contributed by atoms with Crippen molar-refractivity contribution in [3.05, 3.63) is 29.8 Å². The summed E-state index contributed by atoms with van der Waals surface area (Å²) in [5.41, 5.74) is 1.85. The van der Waals surface area contributed by atoms with Gasteiger partial charge in [-0.1, -0.05) is 6.07 Å². The van der Waals surface area contributed by atoms with Gasteiger partial charge in [-0.2, -0.15) is 11.8 Å². The molecule has 0 saturated carbocycles. The zero-order valence-corrected chi connectivity index (χ0v) is 13.2. The van der Waals surface area contributed by atoms with Gasteiger partial charge in [-0.15, -0.1) is 0 Å². The second-order valence-electron chi connectivity index (χ2n) is 5.09. The first kappa shape index (κ1) is 15.2. The molecule has 1 aromatic carbocycles. The fourth-order valence-electron chi connectivity index (χ4n) is 2.51. The molecule has 1 aromatic rings. The summed E-state index contributed by atoms with van der Waals surface area (Å²) in [5.74, 6) is 2.59. The second kappa shape index (κ2) is 7.58. The molecule has 0 unspecified atom stereocenters. The lowest BCUT2D eigenvalue weighted by atomic mass is 10.1. The summed E-state index contributed by atoms with van der Waals surface area (Å²) in [6.07, 6.45) is 2.41. The van der Waals surface area contributed by atoms with Crippen molar-refractivity contribution in [2.45, 2.75) is 32.7 Å². The zero-order valence-electron chi connectivity index (χ0n) is 12.4. The van der Waals surface area contributed by atoms with E-state index in [1.165, 1.54) is 24.3 Å². The Morgan fingerprint density at radius 2 is 2.00 bits per heavy atom. The average Bonchev–Trinajstić information content (AvgIpc) is 2.49. The molecular weight excluding hydrogens is 268 g/mol. The Hall–Kier alpha value is -1.16. The number of benzene rings is 1. The Morgan fingerprint density at radius 1 is 1.30 bits per heavy atom. The highest BCUT2D eigenvalue weighted by molar-refractivity contribution is 7.99. The highest BCUT2D eigenvalue weighted by Crippen LogP contribution is 2.21. The van der Waals surface area contributed by atoms with Crippen LogP contribution in [-0.2, 0) is 0 Å². The molecule has 1 N–H and O–H groups in total. The minimum Gasteiger partial charge on any atom is -0.382 e. The summed E-state index contributed by atoms with van der Waals surface area (Å²) < 4.78 is 0. The van der Waals surface area contributed by atoms with Crippen LogP contribution in [-0.4, -0.2) is 41.4 Å². The number of carbonyl (C=O) groups is 1. The third-order valence-electron chi connectivity index (χ3n) is 3.75. The molecule has 1 amide bonds. The molecular formula is C16H24N2OS. The van der Waals surface area contributed by atoms with Gasteiger partial charge < -0.3 is 10.2 Å². The number of nitrogens with one attached hydrogen (secondary N) is 1. The molecule has 1 fully saturated rings. The van der Waals surface area contributed by atoms with E-state index < -0.39 is 0 Å². The summed E-state index contributed by atoms with van der Waals surface area (Å²) in [7, 11) is 0. The van der Waals surface area contributed by atoms with Gasteiger partial charge >= 0.3 is 0 Å². The largest absolute Gasteiger partial charge is 0.382 e. The van der Waals surface area contributed by atoms with Crippen molar-refractivity contribution in [1.82, 2.24) is 4.90 Å². The van der Waals surface area contributed by atoms with Crippen molar-refractivity contribution in [3.63, 3.8) is 0 Å². The molecule has 0 atom stereocenters. The fraction of sp³-hybridized carbons (Fsp3) is 0.562. The molecule has 0 spiro atoms. The minimum atomic E-state index is 0.123. The van der Waals surface area contributed by atoms with Crippen molar-refractivity contribution < 1.29 is 4.79 Å². The van der Waals surface area contributed by atoms with E-state index in [9.17, 15) is 4.79 Å². The quantitative estimate of drug-likeness (QED) is 0.902. The van der Waals surface area contributed by atoms with Crippen LogP contribution < -0.4 is 5.32 Å². The predicted octanol–water partition coefficient (Wildman–Crippen LogP) is 3.48. The van der Waals surface area contributed by atoms with Gasteiger partial charge in [0.1, 0.15) is 0 Å². The molecule has 4 heteroatoms. The van der Waals surface area contributed by atoms with Gasteiger partial charge in [-0.25, -0.2) is 0 Å². The van der Waals surface area contributed by atoms with Crippen molar-refractivity contribution >= 4 is 23.4 Å². The standard InChI is InChI=1S/C16H24N2OS/c1-3-18(4-2)16(19)13-6-5-7-15(12-13)17-14-8-10-20-11-9-14/h5-7,12,14,17H,3-4,8-11H2,1-2H3. The van der Waals surface area contributed by atoms with Gasteiger partial charge in [-0.05, 0) is 56.4 Å². The van der Waals surface area contributed by atoms with E-state index in [0.29, 0.717) is 6.04 Å². The van der Waals surface area contributed by atoms with Crippen LogP contribution in [0.4, 0.5) is 5.69 Å². The number of rotatable bonds is 5. The first-order valence-corrected chi connectivity index (χ1v) is 8.63. The van der Waals surface area contributed by atoms with Crippen LogP contribution in [0.1, 0.15) is 37.0 Å². The summed E-state index contributed by atoms with van der Waals surface area (Å²) in [6, 6.07) is 8.47. The fourth-order valence-corrected chi connectivity index (χ4v) is 3.62. The maximum absolute atomic E-state index is 12.3. The van der Waals surface area contributed by atoms with Gasteiger partial charge in [0.15, 0.2) is 0 Å². The van der Waals surface area contributed by atoms with Crippen LogP contribution in [0.25, 0.3) is 0 Å². The van der Waals surface area contributed by atoms with Gasteiger partial charge in [0.25, 0.3) is 5.91 Å². The van der Waals surface area contributed by atoms with E-state index in [2.05, 4.69) is 11.4 Å². The minimum absolute atomic E-state index is 0.123. The molecule has 2 rings (SSSR count). The molecule has 110 valence electrons. The molecule has 0 radical (unpaired) electrons. The lowest BCUT2D eigenvalue weighted by Gasteiger charge is -2.24. The van der Waals surface area contributed by atoms with Crippen molar-refractivity contribution in [3.8, 4) is 0 Å². The molecule has 0 aliphatic carbocycles. The highest BCUT2D eigenvalue weighted by Gasteiger charge is 2.15. The first-order chi connectivity index (χ1) is 9.74. The summed E-state index contributed by atoms with van der Waals surface area (Å²) >= 11 is 2.03. The number of anilines is 1. The first-order valence-electron chi connectivity index (χ1n) is 7.48. The molecule has 0 aromatic heterocycles. The normalized spacial score (nSPS) is 15.9. The van der Waals surface area contributed by atoms with Crippen LogP contribution in [0, 0.1) is 0 Å². The van der Waals surface area contributed by atoms with E-state index in [1.54, 1.807) is 0 Å². The summed E-state index contributed by atoms with van der Waals surface area (Å²) in [6.45, 7) is 5.55. The van der Waals surface area contributed by atoms with E-state index in [-0.39, 0.29) is 5.91 Å². The lowest BCUT2D eigenvalue weighted by molar-refractivity contribution is 0.0773. The Labute approximate surface area is 126 Å². The van der Waals surface area contributed by atoms with Crippen LogP contribution in [0.5, 0.6) is 0 Å². The number of hydrogen-bond acceptors (Lipinski definition) is 3. The Morgan fingerprint density at radius 3 is 2.65 bits per heavy atom.